The molecule has 0 spiro atoms. The Bertz CT molecular complexity index is 609. The van der Waals surface area contributed by atoms with Gasteiger partial charge in [0.15, 0.2) is 0 Å². The fourth-order valence-corrected chi connectivity index (χ4v) is 3.48. The van der Waals surface area contributed by atoms with Gasteiger partial charge in [0.1, 0.15) is 6.61 Å². The van der Waals surface area contributed by atoms with Gasteiger partial charge in [0.05, 0.1) is 19.3 Å². The number of urea groups is 1. The number of hydrogen-bond acceptors (Lipinski definition) is 3. The smallest absolute Gasteiger partial charge is 0.317 e. The van der Waals surface area contributed by atoms with Gasteiger partial charge >= 0.3 is 6.03 Å². The normalized spacial score (nSPS) is 26.2. The van der Waals surface area contributed by atoms with Gasteiger partial charge in [0.2, 0.25) is 0 Å². The molecular weight excluding hydrogens is 342 g/mol. The number of ether oxygens (including phenoxy) is 2. The van der Waals surface area contributed by atoms with Gasteiger partial charge in [-0.25, -0.2) is 13.6 Å². The Labute approximate surface area is 152 Å². The lowest BCUT2D eigenvalue weighted by molar-refractivity contribution is -0.0653. The molecule has 0 bridgehead atoms. The maximum atomic E-state index is 13.6. The van der Waals surface area contributed by atoms with E-state index in [-0.39, 0.29) is 25.2 Å². The van der Waals surface area contributed by atoms with E-state index in [1.54, 1.807) is 0 Å². The third-order valence-corrected chi connectivity index (χ3v) is 4.89. The molecule has 7 heteroatoms. The lowest BCUT2D eigenvalue weighted by Crippen LogP contribution is -2.47. The summed E-state index contributed by atoms with van der Waals surface area (Å²) in [6, 6.07) is 7.72. The van der Waals surface area contributed by atoms with Crippen molar-refractivity contribution < 1.29 is 23.0 Å². The van der Waals surface area contributed by atoms with Crippen LogP contribution in [-0.4, -0.2) is 56.3 Å². The van der Waals surface area contributed by atoms with Crippen LogP contribution in [0.5, 0.6) is 0 Å². The molecule has 2 fully saturated rings. The van der Waals surface area contributed by atoms with Crippen LogP contribution < -0.4 is 5.32 Å². The van der Waals surface area contributed by atoms with Crippen LogP contribution in [0.4, 0.5) is 13.6 Å². The quantitative estimate of drug-likeness (QED) is 0.892. The van der Waals surface area contributed by atoms with Crippen LogP contribution >= 0.6 is 0 Å². The summed E-state index contributed by atoms with van der Waals surface area (Å²) in [5.41, 5.74) is 2.27. The Morgan fingerprint density at radius 2 is 2.08 bits per heavy atom. The zero-order valence-electron chi connectivity index (χ0n) is 15.0. The number of hydrogen-bond donors (Lipinski definition) is 1. The fourth-order valence-electron chi connectivity index (χ4n) is 3.48. The molecular formula is C19H26F2N2O3. The second-order valence-electron chi connectivity index (χ2n) is 7.12. The van der Waals surface area contributed by atoms with Gasteiger partial charge in [-0.05, 0) is 25.3 Å². The summed E-state index contributed by atoms with van der Waals surface area (Å²) in [4.78, 5) is 13.5. The molecule has 0 aromatic heterocycles. The molecule has 2 amide bonds. The SMILES string of the molecule is Cc1ccc(C2OCCCC2CNC(=O)N2CCOCC(F)(F)C2)cc1. The molecule has 2 aliphatic heterocycles. The first-order valence-electron chi connectivity index (χ1n) is 9.11. The predicted molar refractivity (Wildman–Crippen MR) is 93.3 cm³/mol. The monoisotopic (exact) mass is 368 g/mol. The van der Waals surface area contributed by atoms with Crippen LogP contribution in [0.15, 0.2) is 24.3 Å². The summed E-state index contributed by atoms with van der Waals surface area (Å²) in [6.07, 6.45) is 1.77. The number of halogens is 2. The van der Waals surface area contributed by atoms with Crippen molar-refractivity contribution in [2.75, 3.05) is 39.5 Å². The lowest BCUT2D eigenvalue weighted by atomic mass is 9.89. The Balaban J connectivity index is 1.59. The minimum Gasteiger partial charge on any atom is -0.373 e. The number of alkyl halides is 2. The summed E-state index contributed by atoms with van der Waals surface area (Å²) >= 11 is 0. The van der Waals surface area contributed by atoms with E-state index in [4.69, 9.17) is 9.47 Å². The standard InChI is InChI=1S/C19H26F2N2O3/c1-14-4-6-15(7-5-14)17-16(3-2-9-26-17)11-22-18(24)23-8-10-25-13-19(20,21)12-23/h4-7,16-17H,2-3,8-13H2,1H3,(H,22,24). The van der Waals surface area contributed by atoms with Gasteiger partial charge < -0.3 is 19.7 Å². The number of amides is 2. The molecule has 0 radical (unpaired) electrons. The molecule has 5 nitrogen and oxygen atoms in total. The van der Waals surface area contributed by atoms with E-state index in [0.717, 1.165) is 23.3 Å². The highest BCUT2D eigenvalue weighted by molar-refractivity contribution is 5.74. The van der Waals surface area contributed by atoms with Crippen molar-refractivity contribution in [2.45, 2.75) is 31.8 Å². The summed E-state index contributed by atoms with van der Waals surface area (Å²) in [6.45, 7) is 2.18. The number of carbonyl (C=O) groups is 1. The molecule has 2 saturated heterocycles. The molecule has 144 valence electrons. The predicted octanol–water partition coefficient (Wildman–Crippen LogP) is 3.14. The maximum Gasteiger partial charge on any atom is 0.317 e. The summed E-state index contributed by atoms with van der Waals surface area (Å²) in [7, 11) is 0. The fraction of sp³-hybridized carbons (Fsp3) is 0.632. The Morgan fingerprint density at radius 1 is 1.31 bits per heavy atom. The second-order valence-corrected chi connectivity index (χ2v) is 7.12. The highest BCUT2D eigenvalue weighted by Gasteiger charge is 2.36. The average Bonchev–Trinajstić information content (AvgIpc) is 2.81. The van der Waals surface area contributed by atoms with Crippen molar-refractivity contribution in [1.82, 2.24) is 10.2 Å². The van der Waals surface area contributed by atoms with Gasteiger partial charge in [-0.3, -0.25) is 0 Å². The van der Waals surface area contributed by atoms with Gasteiger partial charge in [0, 0.05) is 25.6 Å². The molecule has 26 heavy (non-hydrogen) atoms. The third-order valence-electron chi connectivity index (χ3n) is 4.89. The zero-order chi connectivity index (χ0) is 18.6. The molecule has 0 saturated carbocycles. The highest BCUT2D eigenvalue weighted by Crippen LogP contribution is 2.33. The van der Waals surface area contributed by atoms with E-state index < -0.39 is 25.1 Å². The number of aryl methyl sites for hydroxylation is 1. The van der Waals surface area contributed by atoms with Gasteiger partial charge in [-0.1, -0.05) is 29.8 Å². The van der Waals surface area contributed by atoms with Gasteiger partial charge in [-0.2, -0.15) is 0 Å². The Morgan fingerprint density at radius 3 is 2.85 bits per heavy atom. The van der Waals surface area contributed by atoms with E-state index in [0.29, 0.717) is 13.2 Å². The molecule has 1 aromatic rings. The summed E-state index contributed by atoms with van der Waals surface area (Å²) in [5, 5.41) is 2.82. The number of nitrogens with zero attached hydrogens (tertiary/aromatic N) is 1. The van der Waals surface area contributed by atoms with Crippen molar-refractivity contribution in [3.8, 4) is 0 Å². The van der Waals surface area contributed by atoms with Crippen molar-refractivity contribution in [3.05, 3.63) is 35.4 Å². The number of rotatable bonds is 3. The van der Waals surface area contributed by atoms with E-state index in [2.05, 4.69) is 5.32 Å². The molecule has 2 heterocycles. The molecule has 0 aliphatic carbocycles. The lowest BCUT2D eigenvalue weighted by Gasteiger charge is -2.33. The minimum atomic E-state index is -3.01. The molecule has 2 atom stereocenters. The van der Waals surface area contributed by atoms with Crippen molar-refractivity contribution >= 4 is 6.03 Å². The first-order valence-corrected chi connectivity index (χ1v) is 9.11. The first-order chi connectivity index (χ1) is 12.4. The van der Waals surface area contributed by atoms with E-state index in [1.165, 1.54) is 5.56 Å². The van der Waals surface area contributed by atoms with Crippen LogP contribution in [0.2, 0.25) is 0 Å². The molecule has 2 unspecified atom stereocenters. The maximum absolute atomic E-state index is 13.6. The van der Waals surface area contributed by atoms with Crippen LogP contribution in [0.1, 0.15) is 30.1 Å². The van der Waals surface area contributed by atoms with Crippen LogP contribution in [0.25, 0.3) is 0 Å². The number of nitrogens with one attached hydrogen (secondary N) is 1. The molecule has 1 aromatic carbocycles. The second kappa shape index (κ2) is 8.31. The van der Waals surface area contributed by atoms with Crippen LogP contribution in [0.3, 0.4) is 0 Å². The number of carbonyl (C=O) groups excluding carboxylic acids is 1. The number of benzene rings is 1. The Hall–Kier alpha value is -1.73. The van der Waals surface area contributed by atoms with Gasteiger partial charge in [-0.15, -0.1) is 0 Å². The van der Waals surface area contributed by atoms with Crippen LogP contribution in [-0.2, 0) is 9.47 Å². The van der Waals surface area contributed by atoms with E-state index in [1.807, 2.05) is 31.2 Å². The molecule has 1 N–H and O–H groups in total. The van der Waals surface area contributed by atoms with E-state index in [9.17, 15) is 13.6 Å². The van der Waals surface area contributed by atoms with Crippen molar-refractivity contribution in [3.63, 3.8) is 0 Å². The first kappa shape index (κ1) is 19.0. The van der Waals surface area contributed by atoms with Crippen LogP contribution in [0, 0.1) is 12.8 Å². The topological polar surface area (TPSA) is 50.8 Å². The summed E-state index contributed by atoms with van der Waals surface area (Å²) in [5.74, 6) is -2.88. The largest absolute Gasteiger partial charge is 0.373 e. The zero-order valence-corrected chi connectivity index (χ0v) is 15.0. The van der Waals surface area contributed by atoms with Crippen molar-refractivity contribution in [2.24, 2.45) is 5.92 Å². The summed E-state index contributed by atoms with van der Waals surface area (Å²) < 4.78 is 38.1. The Kier molecular flexibility index (Phi) is 6.09. The average molecular weight is 368 g/mol. The third kappa shape index (κ3) is 4.92. The highest BCUT2D eigenvalue weighted by atomic mass is 19.3. The van der Waals surface area contributed by atoms with Gasteiger partial charge in [0.25, 0.3) is 5.92 Å². The van der Waals surface area contributed by atoms with Crippen molar-refractivity contribution in [1.29, 1.82) is 0 Å². The van der Waals surface area contributed by atoms with E-state index >= 15 is 0 Å². The minimum absolute atomic E-state index is 0.0847. The molecule has 3 rings (SSSR count). The molecule has 2 aliphatic rings.